The minimum Gasteiger partial charge on any atom is -0.488 e. The van der Waals surface area contributed by atoms with Gasteiger partial charge in [-0.05, 0) is 43.4 Å². The molecule has 4 heteroatoms. The van der Waals surface area contributed by atoms with E-state index in [-0.39, 0.29) is 12.0 Å². The Morgan fingerprint density at radius 1 is 1.50 bits per heavy atom. The molecule has 2 aliphatic rings. The van der Waals surface area contributed by atoms with E-state index in [1.54, 1.807) is 6.92 Å². The SMILES string of the molecule is CC(=O)N1CCC(CCN)c2ccc3c(c21)OC(C)C3. The summed E-state index contributed by atoms with van der Waals surface area (Å²) in [5, 5.41) is 0. The number of carbonyl (C=O) groups excluding carboxylic acids is 1. The van der Waals surface area contributed by atoms with Gasteiger partial charge in [-0.25, -0.2) is 0 Å². The molecule has 1 amide bonds. The van der Waals surface area contributed by atoms with Crippen LogP contribution in [0.3, 0.4) is 0 Å². The molecule has 2 unspecified atom stereocenters. The summed E-state index contributed by atoms with van der Waals surface area (Å²) >= 11 is 0. The molecule has 0 spiro atoms. The fraction of sp³-hybridized carbons (Fsp3) is 0.562. The molecule has 0 saturated carbocycles. The summed E-state index contributed by atoms with van der Waals surface area (Å²) < 4.78 is 5.99. The third-order valence-corrected chi connectivity index (χ3v) is 4.38. The van der Waals surface area contributed by atoms with Crippen LogP contribution >= 0.6 is 0 Å². The van der Waals surface area contributed by atoms with Crippen molar-refractivity contribution in [2.75, 3.05) is 18.0 Å². The second kappa shape index (κ2) is 5.09. The van der Waals surface area contributed by atoms with Crippen molar-refractivity contribution in [2.24, 2.45) is 5.73 Å². The van der Waals surface area contributed by atoms with E-state index in [2.05, 4.69) is 19.1 Å². The lowest BCUT2D eigenvalue weighted by Gasteiger charge is -2.35. The van der Waals surface area contributed by atoms with E-state index in [1.807, 2.05) is 4.90 Å². The Morgan fingerprint density at radius 3 is 3.00 bits per heavy atom. The molecule has 2 atom stereocenters. The number of hydrogen-bond acceptors (Lipinski definition) is 3. The predicted octanol–water partition coefficient (Wildman–Crippen LogP) is 2.20. The van der Waals surface area contributed by atoms with E-state index in [9.17, 15) is 4.79 Å². The molecule has 0 aliphatic carbocycles. The summed E-state index contributed by atoms with van der Waals surface area (Å²) in [6.07, 6.45) is 3.07. The average molecular weight is 274 g/mol. The van der Waals surface area contributed by atoms with Crippen LogP contribution in [0.15, 0.2) is 12.1 Å². The van der Waals surface area contributed by atoms with Crippen LogP contribution in [0.5, 0.6) is 5.75 Å². The predicted molar refractivity (Wildman–Crippen MR) is 79.3 cm³/mol. The number of fused-ring (bicyclic) bond motifs is 3. The van der Waals surface area contributed by atoms with Gasteiger partial charge in [-0.2, -0.15) is 0 Å². The van der Waals surface area contributed by atoms with Crippen LogP contribution in [-0.4, -0.2) is 25.1 Å². The van der Waals surface area contributed by atoms with E-state index in [1.165, 1.54) is 11.1 Å². The number of ether oxygens (including phenoxy) is 1. The van der Waals surface area contributed by atoms with Crippen molar-refractivity contribution in [3.8, 4) is 5.75 Å². The number of hydrogen-bond donors (Lipinski definition) is 1. The lowest BCUT2D eigenvalue weighted by molar-refractivity contribution is -0.116. The highest BCUT2D eigenvalue weighted by molar-refractivity contribution is 5.95. The number of nitrogens with zero attached hydrogens (tertiary/aromatic N) is 1. The molecule has 20 heavy (non-hydrogen) atoms. The summed E-state index contributed by atoms with van der Waals surface area (Å²) in [5.74, 6) is 1.45. The number of nitrogens with two attached hydrogens (primary N) is 1. The minimum atomic E-state index is 0.0917. The number of amides is 1. The minimum absolute atomic E-state index is 0.0917. The maximum absolute atomic E-state index is 12.0. The summed E-state index contributed by atoms with van der Waals surface area (Å²) in [6.45, 7) is 5.15. The van der Waals surface area contributed by atoms with Crippen LogP contribution in [0.25, 0.3) is 0 Å². The average Bonchev–Trinajstić information content (AvgIpc) is 2.79. The Bertz CT molecular complexity index is 542. The molecule has 3 rings (SSSR count). The molecule has 0 bridgehead atoms. The Kier molecular flexibility index (Phi) is 3.42. The van der Waals surface area contributed by atoms with Gasteiger partial charge < -0.3 is 15.4 Å². The molecule has 2 aliphatic heterocycles. The largest absolute Gasteiger partial charge is 0.488 e. The van der Waals surface area contributed by atoms with Gasteiger partial charge in [0, 0.05) is 19.9 Å². The van der Waals surface area contributed by atoms with E-state index < -0.39 is 0 Å². The molecule has 2 heterocycles. The maximum atomic E-state index is 12.0. The van der Waals surface area contributed by atoms with Crippen molar-refractivity contribution in [3.05, 3.63) is 23.3 Å². The molecule has 0 saturated heterocycles. The molecule has 0 radical (unpaired) electrons. The molecule has 1 aromatic rings. The van der Waals surface area contributed by atoms with Gasteiger partial charge in [-0.3, -0.25) is 4.79 Å². The first-order valence-electron chi connectivity index (χ1n) is 7.42. The second-order valence-electron chi connectivity index (χ2n) is 5.86. The summed E-state index contributed by atoms with van der Waals surface area (Å²) in [7, 11) is 0. The van der Waals surface area contributed by atoms with Gasteiger partial charge in [0.1, 0.15) is 11.9 Å². The van der Waals surface area contributed by atoms with E-state index in [4.69, 9.17) is 10.5 Å². The van der Waals surface area contributed by atoms with E-state index in [0.717, 1.165) is 37.2 Å². The molecule has 4 nitrogen and oxygen atoms in total. The van der Waals surface area contributed by atoms with Crippen LogP contribution in [0, 0.1) is 0 Å². The Labute approximate surface area is 119 Å². The zero-order valence-electron chi connectivity index (χ0n) is 12.2. The second-order valence-corrected chi connectivity index (χ2v) is 5.86. The number of rotatable bonds is 2. The zero-order valence-corrected chi connectivity index (χ0v) is 12.2. The van der Waals surface area contributed by atoms with Crippen molar-refractivity contribution in [2.45, 2.75) is 45.1 Å². The van der Waals surface area contributed by atoms with Crippen molar-refractivity contribution >= 4 is 11.6 Å². The van der Waals surface area contributed by atoms with Gasteiger partial charge in [0.05, 0.1) is 5.69 Å². The van der Waals surface area contributed by atoms with Crippen molar-refractivity contribution in [3.63, 3.8) is 0 Å². The van der Waals surface area contributed by atoms with E-state index >= 15 is 0 Å². The monoisotopic (exact) mass is 274 g/mol. The first kappa shape index (κ1) is 13.4. The van der Waals surface area contributed by atoms with Gasteiger partial charge in [-0.15, -0.1) is 0 Å². The lowest BCUT2D eigenvalue weighted by atomic mass is 9.86. The number of benzene rings is 1. The van der Waals surface area contributed by atoms with Crippen molar-refractivity contribution in [1.29, 1.82) is 0 Å². The molecular formula is C16H22N2O2. The summed E-state index contributed by atoms with van der Waals surface area (Å²) in [5.41, 5.74) is 9.18. The quantitative estimate of drug-likeness (QED) is 0.899. The molecule has 1 aromatic carbocycles. The third kappa shape index (κ3) is 2.08. The van der Waals surface area contributed by atoms with Gasteiger partial charge in [-0.1, -0.05) is 12.1 Å². The van der Waals surface area contributed by atoms with Gasteiger partial charge in [0.2, 0.25) is 5.91 Å². The topological polar surface area (TPSA) is 55.6 Å². The standard InChI is InChI=1S/C16H22N2O2/c1-10-9-13-3-4-14-12(5-7-17)6-8-18(11(2)19)15(14)16(13)20-10/h3-4,10,12H,5-9,17H2,1-2H3. The highest BCUT2D eigenvalue weighted by atomic mass is 16.5. The van der Waals surface area contributed by atoms with Gasteiger partial charge in [0.25, 0.3) is 0 Å². The Morgan fingerprint density at radius 2 is 2.30 bits per heavy atom. The van der Waals surface area contributed by atoms with Crippen LogP contribution in [0.2, 0.25) is 0 Å². The molecule has 108 valence electrons. The zero-order chi connectivity index (χ0) is 14.3. The molecule has 0 aromatic heterocycles. The van der Waals surface area contributed by atoms with Gasteiger partial charge >= 0.3 is 0 Å². The lowest BCUT2D eigenvalue weighted by Crippen LogP contribution is -2.35. The van der Waals surface area contributed by atoms with Crippen LogP contribution in [0.1, 0.15) is 43.7 Å². The van der Waals surface area contributed by atoms with Crippen LogP contribution in [-0.2, 0) is 11.2 Å². The Balaban J connectivity index is 2.11. The first-order valence-corrected chi connectivity index (χ1v) is 7.42. The summed E-state index contributed by atoms with van der Waals surface area (Å²) in [6, 6.07) is 4.33. The molecular weight excluding hydrogens is 252 g/mol. The van der Waals surface area contributed by atoms with Crippen molar-refractivity contribution < 1.29 is 9.53 Å². The number of carbonyl (C=O) groups is 1. The molecule has 2 N–H and O–H groups in total. The van der Waals surface area contributed by atoms with Crippen LogP contribution in [0.4, 0.5) is 5.69 Å². The Hall–Kier alpha value is -1.55. The van der Waals surface area contributed by atoms with Gasteiger partial charge in [0.15, 0.2) is 0 Å². The summed E-state index contributed by atoms with van der Waals surface area (Å²) in [4.78, 5) is 13.8. The molecule has 0 fully saturated rings. The third-order valence-electron chi connectivity index (χ3n) is 4.38. The normalized spacial score (nSPS) is 24.1. The van der Waals surface area contributed by atoms with E-state index in [0.29, 0.717) is 12.5 Å². The smallest absolute Gasteiger partial charge is 0.223 e. The van der Waals surface area contributed by atoms with Crippen LogP contribution < -0.4 is 15.4 Å². The van der Waals surface area contributed by atoms with Crippen molar-refractivity contribution in [1.82, 2.24) is 0 Å². The number of anilines is 1. The highest BCUT2D eigenvalue weighted by Crippen LogP contribution is 2.47. The maximum Gasteiger partial charge on any atom is 0.223 e. The first-order chi connectivity index (χ1) is 9.61. The fourth-order valence-electron chi connectivity index (χ4n) is 3.45. The fourth-order valence-corrected chi connectivity index (χ4v) is 3.45. The highest BCUT2D eigenvalue weighted by Gasteiger charge is 2.34.